The third kappa shape index (κ3) is 2.00. The number of halogens is 2. The quantitative estimate of drug-likeness (QED) is 0.766. The molecule has 0 amide bonds. The van der Waals surface area contributed by atoms with Gasteiger partial charge in [0, 0.05) is 24.2 Å². The summed E-state index contributed by atoms with van der Waals surface area (Å²) in [5.74, 6) is -1.71. The van der Waals surface area contributed by atoms with Gasteiger partial charge in [0.15, 0.2) is 11.6 Å². The SMILES string of the molecule is COc1cc(F)c(F)cc1[C@H](N)CN. The Hall–Kier alpha value is -1.20. The summed E-state index contributed by atoms with van der Waals surface area (Å²) in [6, 6.07) is 1.41. The van der Waals surface area contributed by atoms with E-state index in [1.165, 1.54) is 7.11 Å². The molecule has 0 aromatic heterocycles. The molecule has 0 aliphatic rings. The Bertz CT molecular complexity index is 331. The van der Waals surface area contributed by atoms with Gasteiger partial charge in [-0.05, 0) is 6.07 Å². The maximum atomic E-state index is 12.9. The van der Waals surface area contributed by atoms with Crippen LogP contribution in [0.1, 0.15) is 11.6 Å². The number of hydrogen-bond acceptors (Lipinski definition) is 3. The van der Waals surface area contributed by atoms with Gasteiger partial charge in [-0.15, -0.1) is 0 Å². The van der Waals surface area contributed by atoms with Crippen molar-refractivity contribution >= 4 is 0 Å². The summed E-state index contributed by atoms with van der Waals surface area (Å²) in [5.41, 5.74) is 11.3. The lowest BCUT2D eigenvalue weighted by molar-refractivity contribution is 0.396. The van der Waals surface area contributed by atoms with E-state index in [-0.39, 0.29) is 12.3 Å². The van der Waals surface area contributed by atoms with Crippen molar-refractivity contribution < 1.29 is 13.5 Å². The lowest BCUT2D eigenvalue weighted by atomic mass is 10.1. The van der Waals surface area contributed by atoms with Gasteiger partial charge in [0.1, 0.15) is 5.75 Å². The average Bonchev–Trinajstić information content (AvgIpc) is 2.20. The lowest BCUT2D eigenvalue weighted by Crippen LogP contribution is -2.21. The van der Waals surface area contributed by atoms with Crippen LogP contribution in [-0.2, 0) is 0 Å². The van der Waals surface area contributed by atoms with Crippen molar-refractivity contribution in [1.29, 1.82) is 0 Å². The molecule has 5 heteroatoms. The standard InChI is InChI=1S/C9H12F2N2O/c1-14-9-3-7(11)6(10)2-5(9)8(13)4-12/h2-3,8H,4,12-13H2,1H3/t8-/m1/s1. The highest BCUT2D eigenvalue weighted by molar-refractivity contribution is 5.37. The lowest BCUT2D eigenvalue weighted by Gasteiger charge is -2.14. The van der Waals surface area contributed by atoms with E-state index in [9.17, 15) is 8.78 Å². The topological polar surface area (TPSA) is 61.3 Å². The Morgan fingerprint density at radius 2 is 1.93 bits per heavy atom. The molecule has 0 spiro atoms. The number of benzene rings is 1. The molecule has 3 nitrogen and oxygen atoms in total. The second kappa shape index (κ2) is 4.34. The molecule has 0 unspecified atom stereocenters. The van der Waals surface area contributed by atoms with Gasteiger partial charge in [-0.2, -0.15) is 0 Å². The number of ether oxygens (including phenoxy) is 1. The minimum atomic E-state index is -0.963. The molecular formula is C9H12F2N2O. The molecule has 1 aromatic carbocycles. The second-order valence-corrected chi connectivity index (χ2v) is 2.85. The van der Waals surface area contributed by atoms with Crippen LogP contribution in [0.5, 0.6) is 5.75 Å². The van der Waals surface area contributed by atoms with Crippen LogP contribution in [0.4, 0.5) is 8.78 Å². The summed E-state index contributed by atoms with van der Waals surface area (Å²) in [6.07, 6.45) is 0. The van der Waals surface area contributed by atoms with E-state index >= 15 is 0 Å². The third-order valence-corrected chi connectivity index (χ3v) is 1.93. The Balaban J connectivity index is 3.19. The van der Waals surface area contributed by atoms with Crippen molar-refractivity contribution in [3.63, 3.8) is 0 Å². The van der Waals surface area contributed by atoms with E-state index in [2.05, 4.69) is 0 Å². The van der Waals surface area contributed by atoms with Crippen LogP contribution in [-0.4, -0.2) is 13.7 Å². The van der Waals surface area contributed by atoms with Crippen molar-refractivity contribution in [2.24, 2.45) is 11.5 Å². The van der Waals surface area contributed by atoms with Gasteiger partial charge in [-0.1, -0.05) is 0 Å². The Morgan fingerprint density at radius 3 is 2.43 bits per heavy atom. The van der Waals surface area contributed by atoms with Crippen LogP contribution in [0.2, 0.25) is 0 Å². The summed E-state index contributed by atoms with van der Waals surface area (Å²) in [4.78, 5) is 0. The molecule has 0 heterocycles. The summed E-state index contributed by atoms with van der Waals surface area (Å²) in [7, 11) is 1.36. The van der Waals surface area contributed by atoms with Crippen LogP contribution in [0, 0.1) is 11.6 Å². The molecule has 0 fully saturated rings. The molecule has 0 aliphatic heterocycles. The smallest absolute Gasteiger partial charge is 0.162 e. The molecule has 1 atom stereocenters. The van der Waals surface area contributed by atoms with Crippen LogP contribution in [0.3, 0.4) is 0 Å². The van der Waals surface area contributed by atoms with Crippen LogP contribution < -0.4 is 16.2 Å². The molecule has 14 heavy (non-hydrogen) atoms. The monoisotopic (exact) mass is 202 g/mol. The fourth-order valence-corrected chi connectivity index (χ4v) is 1.14. The number of nitrogens with two attached hydrogens (primary N) is 2. The van der Waals surface area contributed by atoms with E-state index in [0.29, 0.717) is 5.56 Å². The molecule has 1 aromatic rings. The van der Waals surface area contributed by atoms with E-state index in [1.54, 1.807) is 0 Å². The minimum absolute atomic E-state index is 0.140. The molecule has 0 saturated heterocycles. The number of rotatable bonds is 3. The molecule has 0 saturated carbocycles. The van der Waals surface area contributed by atoms with E-state index in [1.807, 2.05) is 0 Å². The van der Waals surface area contributed by atoms with Gasteiger partial charge in [-0.3, -0.25) is 0 Å². The minimum Gasteiger partial charge on any atom is -0.496 e. The van der Waals surface area contributed by atoms with Crippen molar-refractivity contribution in [2.75, 3.05) is 13.7 Å². The molecular weight excluding hydrogens is 190 g/mol. The van der Waals surface area contributed by atoms with E-state index in [0.717, 1.165) is 12.1 Å². The molecule has 1 rings (SSSR count). The first-order valence-electron chi connectivity index (χ1n) is 4.08. The van der Waals surface area contributed by atoms with Crippen molar-refractivity contribution in [3.05, 3.63) is 29.3 Å². The highest BCUT2D eigenvalue weighted by atomic mass is 19.2. The first kappa shape index (κ1) is 10.9. The fraction of sp³-hybridized carbons (Fsp3) is 0.333. The van der Waals surface area contributed by atoms with E-state index in [4.69, 9.17) is 16.2 Å². The predicted octanol–water partition coefficient (Wildman–Crippen LogP) is 0.932. The largest absolute Gasteiger partial charge is 0.496 e. The zero-order chi connectivity index (χ0) is 10.7. The van der Waals surface area contributed by atoms with Gasteiger partial charge in [0.05, 0.1) is 7.11 Å². The highest BCUT2D eigenvalue weighted by Gasteiger charge is 2.14. The van der Waals surface area contributed by atoms with Crippen LogP contribution in [0.15, 0.2) is 12.1 Å². The first-order chi connectivity index (χ1) is 6.60. The fourth-order valence-electron chi connectivity index (χ4n) is 1.14. The summed E-state index contributed by atoms with van der Waals surface area (Å²) in [5, 5.41) is 0. The zero-order valence-corrected chi connectivity index (χ0v) is 7.76. The molecule has 0 bridgehead atoms. The highest BCUT2D eigenvalue weighted by Crippen LogP contribution is 2.26. The Kier molecular flexibility index (Phi) is 3.38. The predicted molar refractivity (Wildman–Crippen MR) is 48.9 cm³/mol. The van der Waals surface area contributed by atoms with E-state index < -0.39 is 17.7 Å². The third-order valence-electron chi connectivity index (χ3n) is 1.93. The second-order valence-electron chi connectivity index (χ2n) is 2.85. The number of hydrogen-bond donors (Lipinski definition) is 2. The van der Waals surface area contributed by atoms with Gasteiger partial charge < -0.3 is 16.2 Å². The van der Waals surface area contributed by atoms with Crippen molar-refractivity contribution in [1.82, 2.24) is 0 Å². The summed E-state index contributed by atoms with van der Waals surface area (Å²) < 4.78 is 30.5. The zero-order valence-electron chi connectivity index (χ0n) is 7.76. The van der Waals surface area contributed by atoms with Gasteiger partial charge in [0.25, 0.3) is 0 Å². The van der Waals surface area contributed by atoms with Crippen molar-refractivity contribution in [2.45, 2.75) is 6.04 Å². The maximum absolute atomic E-state index is 12.9. The van der Waals surface area contributed by atoms with Gasteiger partial charge >= 0.3 is 0 Å². The van der Waals surface area contributed by atoms with Crippen LogP contribution >= 0.6 is 0 Å². The average molecular weight is 202 g/mol. The molecule has 78 valence electrons. The van der Waals surface area contributed by atoms with Gasteiger partial charge in [-0.25, -0.2) is 8.78 Å². The molecule has 0 radical (unpaired) electrons. The Labute approximate surface area is 80.7 Å². The first-order valence-corrected chi connectivity index (χ1v) is 4.08. The van der Waals surface area contributed by atoms with Crippen LogP contribution in [0.25, 0.3) is 0 Å². The molecule has 0 aliphatic carbocycles. The Morgan fingerprint density at radius 1 is 1.36 bits per heavy atom. The maximum Gasteiger partial charge on any atom is 0.162 e. The summed E-state index contributed by atoms with van der Waals surface area (Å²) in [6.45, 7) is 0.140. The molecule has 4 N–H and O–H groups in total. The normalized spacial score (nSPS) is 12.6. The van der Waals surface area contributed by atoms with Crippen molar-refractivity contribution in [3.8, 4) is 5.75 Å². The number of methoxy groups -OCH3 is 1. The van der Waals surface area contributed by atoms with Gasteiger partial charge in [0.2, 0.25) is 0 Å². The summed E-state index contributed by atoms with van der Waals surface area (Å²) >= 11 is 0.